The average molecular weight is 346 g/mol. The molecule has 0 aliphatic carbocycles. The number of nitrogens with one attached hydrogen (secondary N) is 1. The van der Waals surface area contributed by atoms with Crippen LogP contribution in [0.1, 0.15) is 12.0 Å². The fourth-order valence-corrected chi connectivity index (χ4v) is 4.07. The summed E-state index contributed by atoms with van der Waals surface area (Å²) in [5.74, 6) is 0.407. The van der Waals surface area contributed by atoms with Gasteiger partial charge >= 0.3 is 0 Å². The van der Waals surface area contributed by atoms with Crippen LogP contribution < -0.4 is 9.62 Å². The quantitative estimate of drug-likeness (QED) is 0.853. The van der Waals surface area contributed by atoms with Gasteiger partial charge in [-0.25, -0.2) is 8.42 Å². The molecule has 0 atom stereocenters. The van der Waals surface area contributed by atoms with Gasteiger partial charge in [0.05, 0.1) is 11.4 Å². The van der Waals surface area contributed by atoms with Crippen LogP contribution in [0.15, 0.2) is 42.6 Å². The third-order valence-electron chi connectivity index (χ3n) is 3.67. The van der Waals surface area contributed by atoms with Crippen molar-refractivity contribution < 1.29 is 13.2 Å². The van der Waals surface area contributed by atoms with E-state index < -0.39 is 10.0 Å². The van der Waals surface area contributed by atoms with Crippen molar-refractivity contribution in [3.05, 3.63) is 48.2 Å². The minimum absolute atomic E-state index is 0.197. The molecule has 1 aromatic carbocycles. The number of aryl methyl sites for hydroxylation is 1. The molecule has 1 amide bonds. The van der Waals surface area contributed by atoms with Crippen LogP contribution in [0.5, 0.6) is 0 Å². The summed E-state index contributed by atoms with van der Waals surface area (Å²) in [5, 5.41) is 6.72. The monoisotopic (exact) mass is 346 g/mol. The largest absolute Gasteiger partial charge is 0.306 e. The number of amides is 1. The smallest absolute Gasteiger partial charge is 0.249 e. The molecule has 0 bridgehead atoms. The molecule has 1 aliphatic rings. The predicted molar refractivity (Wildman–Crippen MR) is 93.1 cm³/mol. The van der Waals surface area contributed by atoms with Gasteiger partial charge in [0.15, 0.2) is 5.82 Å². The molecule has 1 N–H and O–H groups in total. The molecule has 0 radical (unpaired) electrons. The Balaban J connectivity index is 1.64. The zero-order valence-electron chi connectivity index (χ0n) is 13.2. The standard InChI is InChI=1S/C16H18N4O3S/c1-19-11-9-15(18-19)17-16(21)8-5-13-3-6-14(7-4-13)20-10-2-12-24(20,22)23/h3-9,11H,2,10,12H2,1H3,(H,17,18,21)/b8-5+. The average Bonchev–Trinajstić information content (AvgIpc) is 3.10. The van der Waals surface area contributed by atoms with Crippen LogP contribution in [-0.4, -0.2) is 36.4 Å². The summed E-state index contributed by atoms with van der Waals surface area (Å²) in [4.78, 5) is 11.8. The van der Waals surface area contributed by atoms with E-state index in [0.717, 1.165) is 5.56 Å². The summed E-state index contributed by atoms with van der Waals surface area (Å²) in [6.45, 7) is 0.518. The number of carbonyl (C=O) groups excluding carboxylic acids is 1. The van der Waals surface area contributed by atoms with Crippen molar-refractivity contribution in [3.63, 3.8) is 0 Å². The van der Waals surface area contributed by atoms with Gasteiger partial charge in [0.25, 0.3) is 0 Å². The molecule has 3 rings (SSSR count). The van der Waals surface area contributed by atoms with Crippen molar-refractivity contribution in [2.24, 2.45) is 7.05 Å². The first kappa shape index (κ1) is 16.3. The second kappa shape index (κ2) is 6.48. The fraction of sp³-hybridized carbons (Fsp3) is 0.250. The van der Waals surface area contributed by atoms with Gasteiger partial charge in [-0.3, -0.25) is 13.8 Å². The van der Waals surface area contributed by atoms with Gasteiger partial charge < -0.3 is 5.32 Å². The molecule has 2 heterocycles. The normalized spacial score (nSPS) is 16.6. The van der Waals surface area contributed by atoms with Crippen LogP contribution >= 0.6 is 0 Å². The van der Waals surface area contributed by atoms with Crippen molar-refractivity contribution in [1.82, 2.24) is 9.78 Å². The highest BCUT2D eigenvalue weighted by molar-refractivity contribution is 7.93. The Labute approximate surface area is 140 Å². The Morgan fingerprint density at radius 3 is 2.58 bits per heavy atom. The Morgan fingerprint density at radius 2 is 2.00 bits per heavy atom. The first-order valence-corrected chi connectivity index (χ1v) is 9.14. The molecule has 8 heteroatoms. The molecular formula is C16H18N4O3S. The van der Waals surface area contributed by atoms with Crippen molar-refractivity contribution in [3.8, 4) is 0 Å². The fourth-order valence-electron chi connectivity index (χ4n) is 2.50. The lowest BCUT2D eigenvalue weighted by Gasteiger charge is -2.16. The summed E-state index contributed by atoms with van der Waals surface area (Å²) in [6.07, 6.45) is 5.47. The molecule has 0 saturated carbocycles. The van der Waals surface area contributed by atoms with Crippen molar-refractivity contribution in [1.29, 1.82) is 0 Å². The third-order valence-corrected chi connectivity index (χ3v) is 5.54. The molecule has 0 unspecified atom stereocenters. The summed E-state index contributed by atoms with van der Waals surface area (Å²) in [7, 11) is -1.40. The van der Waals surface area contributed by atoms with Gasteiger partial charge in [-0.15, -0.1) is 0 Å². The van der Waals surface area contributed by atoms with Crippen LogP contribution in [0.4, 0.5) is 11.5 Å². The zero-order valence-corrected chi connectivity index (χ0v) is 14.0. The Morgan fingerprint density at radius 1 is 1.25 bits per heavy atom. The van der Waals surface area contributed by atoms with Crippen LogP contribution in [-0.2, 0) is 21.9 Å². The summed E-state index contributed by atoms with van der Waals surface area (Å²) in [6, 6.07) is 8.77. The van der Waals surface area contributed by atoms with Gasteiger partial charge in [0.1, 0.15) is 0 Å². The van der Waals surface area contributed by atoms with Crippen molar-refractivity contribution >= 4 is 33.5 Å². The van der Waals surface area contributed by atoms with Crippen molar-refractivity contribution in [2.45, 2.75) is 6.42 Å². The highest BCUT2D eigenvalue weighted by atomic mass is 32.2. The van der Waals surface area contributed by atoms with Crippen LogP contribution in [0.3, 0.4) is 0 Å². The van der Waals surface area contributed by atoms with E-state index in [-0.39, 0.29) is 11.7 Å². The Bertz CT molecular complexity index is 869. The first-order valence-electron chi connectivity index (χ1n) is 7.53. The topological polar surface area (TPSA) is 84.3 Å². The maximum atomic E-state index is 11.9. The number of nitrogens with zero attached hydrogens (tertiary/aromatic N) is 3. The van der Waals surface area contributed by atoms with E-state index in [9.17, 15) is 13.2 Å². The van der Waals surface area contributed by atoms with E-state index in [2.05, 4.69) is 10.4 Å². The van der Waals surface area contributed by atoms with E-state index in [1.54, 1.807) is 54.3 Å². The number of benzene rings is 1. The van der Waals surface area contributed by atoms with Gasteiger partial charge in [-0.2, -0.15) is 5.10 Å². The highest BCUT2D eigenvalue weighted by Crippen LogP contribution is 2.24. The van der Waals surface area contributed by atoms with Crippen LogP contribution in [0, 0.1) is 0 Å². The maximum Gasteiger partial charge on any atom is 0.249 e. The zero-order chi connectivity index (χ0) is 17.2. The first-order chi connectivity index (χ1) is 11.4. The SMILES string of the molecule is Cn1ccc(NC(=O)/C=C/c2ccc(N3CCCS3(=O)=O)cc2)n1. The van der Waals surface area contributed by atoms with E-state index in [4.69, 9.17) is 0 Å². The van der Waals surface area contributed by atoms with Gasteiger partial charge in [0, 0.05) is 31.9 Å². The molecule has 2 aromatic rings. The molecular weight excluding hydrogens is 328 g/mol. The molecule has 1 aromatic heterocycles. The number of sulfonamides is 1. The number of rotatable bonds is 4. The lowest BCUT2D eigenvalue weighted by atomic mass is 10.2. The molecule has 7 nitrogen and oxygen atoms in total. The molecule has 1 saturated heterocycles. The lowest BCUT2D eigenvalue weighted by molar-refractivity contribution is -0.111. The van der Waals surface area contributed by atoms with E-state index in [1.807, 2.05) is 0 Å². The summed E-state index contributed by atoms with van der Waals surface area (Å²) < 4.78 is 26.8. The second-order valence-corrected chi connectivity index (χ2v) is 7.54. The van der Waals surface area contributed by atoms with E-state index in [0.29, 0.717) is 24.5 Å². The van der Waals surface area contributed by atoms with Crippen molar-refractivity contribution in [2.75, 3.05) is 21.9 Å². The minimum Gasteiger partial charge on any atom is -0.306 e. The highest BCUT2D eigenvalue weighted by Gasteiger charge is 2.28. The van der Waals surface area contributed by atoms with Gasteiger partial charge in [-0.1, -0.05) is 12.1 Å². The predicted octanol–water partition coefficient (Wildman–Crippen LogP) is 1.61. The van der Waals surface area contributed by atoms with E-state index >= 15 is 0 Å². The molecule has 1 fully saturated rings. The lowest BCUT2D eigenvalue weighted by Crippen LogP contribution is -2.24. The summed E-state index contributed by atoms with van der Waals surface area (Å²) >= 11 is 0. The molecule has 126 valence electrons. The number of hydrogen-bond donors (Lipinski definition) is 1. The maximum absolute atomic E-state index is 11.9. The number of aromatic nitrogens is 2. The van der Waals surface area contributed by atoms with Crippen LogP contribution in [0.25, 0.3) is 6.08 Å². The second-order valence-electron chi connectivity index (χ2n) is 5.53. The summed E-state index contributed by atoms with van der Waals surface area (Å²) in [5.41, 5.74) is 1.47. The Hall–Kier alpha value is -2.61. The molecule has 0 spiro atoms. The number of carbonyl (C=O) groups is 1. The van der Waals surface area contributed by atoms with Gasteiger partial charge in [-0.05, 0) is 30.2 Å². The van der Waals surface area contributed by atoms with E-state index in [1.165, 1.54) is 10.4 Å². The van der Waals surface area contributed by atoms with Gasteiger partial charge in [0.2, 0.25) is 15.9 Å². The Kier molecular flexibility index (Phi) is 4.39. The minimum atomic E-state index is -3.17. The number of anilines is 2. The number of hydrogen-bond acceptors (Lipinski definition) is 4. The molecule has 24 heavy (non-hydrogen) atoms. The molecule has 1 aliphatic heterocycles. The van der Waals surface area contributed by atoms with Crippen LogP contribution in [0.2, 0.25) is 0 Å². The third kappa shape index (κ3) is 3.65.